The maximum atomic E-state index is 13.1. The molecule has 0 aliphatic heterocycles. The first-order valence-electron chi connectivity index (χ1n) is 7.02. The van der Waals surface area contributed by atoms with E-state index in [-0.39, 0.29) is 6.10 Å². The van der Waals surface area contributed by atoms with E-state index in [0.717, 1.165) is 12.1 Å². The molecule has 3 aromatic rings. The molecule has 23 heavy (non-hydrogen) atoms. The van der Waals surface area contributed by atoms with Crippen LogP contribution in [0.4, 0.5) is 13.2 Å². The summed E-state index contributed by atoms with van der Waals surface area (Å²) < 4.78 is 45.1. The van der Waals surface area contributed by atoms with Crippen LogP contribution in [0.1, 0.15) is 19.4 Å². The standard InChI is InChI=1S/C16H14F3N3O/c1-9(2)23-15-11(4-3-5-20-15)12-6-10(16(17,18)19)7-14-13(12)8-21-22-14/h3-9H,1-2H3,(H,21,22). The number of hydrogen-bond donors (Lipinski definition) is 1. The van der Waals surface area contributed by atoms with E-state index in [9.17, 15) is 13.2 Å². The lowest BCUT2D eigenvalue weighted by molar-refractivity contribution is -0.137. The van der Waals surface area contributed by atoms with Crippen molar-refractivity contribution in [1.82, 2.24) is 15.2 Å². The molecular weight excluding hydrogens is 307 g/mol. The van der Waals surface area contributed by atoms with Crippen molar-refractivity contribution in [3.8, 4) is 17.0 Å². The quantitative estimate of drug-likeness (QED) is 0.776. The highest BCUT2D eigenvalue weighted by Gasteiger charge is 2.32. The minimum Gasteiger partial charge on any atom is -0.475 e. The Bertz CT molecular complexity index is 840. The number of aromatic nitrogens is 3. The number of nitrogens with one attached hydrogen (secondary N) is 1. The van der Waals surface area contributed by atoms with Gasteiger partial charge in [-0.15, -0.1) is 0 Å². The Morgan fingerprint density at radius 2 is 1.96 bits per heavy atom. The molecule has 0 radical (unpaired) electrons. The molecule has 1 N–H and O–H groups in total. The maximum absolute atomic E-state index is 13.1. The topological polar surface area (TPSA) is 50.8 Å². The Morgan fingerprint density at radius 3 is 2.65 bits per heavy atom. The monoisotopic (exact) mass is 321 g/mol. The molecule has 7 heteroatoms. The van der Waals surface area contributed by atoms with Gasteiger partial charge < -0.3 is 4.74 Å². The smallest absolute Gasteiger partial charge is 0.416 e. The second kappa shape index (κ2) is 5.57. The number of ether oxygens (including phenoxy) is 1. The molecule has 0 aliphatic rings. The number of aromatic amines is 1. The van der Waals surface area contributed by atoms with Crippen LogP contribution < -0.4 is 4.74 Å². The third-order valence-corrected chi connectivity index (χ3v) is 3.29. The van der Waals surface area contributed by atoms with E-state index < -0.39 is 11.7 Å². The average molecular weight is 321 g/mol. The van der Waals surface area contributed by atoms with E-state index in [4.69, 9.17) is 4.74 Å². The Balaban J connectivity index is 2.26. The van der Waals surface area contributed by atoms with Gasteiger partial charge in [-0.1, -0.05) is 0 Å². The molecule has 4 nitrogen and oxygen atoms in total. The molecule has 0 saturated carbocycles. The van der Waals surface area contributed by atoms with E-state index >= 15 is 0 Å². The maximum Gasteiger partial charge on any atom is 0.416 e. The van der Waals surface area contributed by atoms with E-state index in [1.807, 2.05) is 13.8 Å². The molecule has 1 aromatic carbocycles. The van der Waals surface area contributed by atoms with E-state index in [1.54, 1.807) is 18.3 Å². The van der Waals surface area contributed by atoms with Crippen LogP contribution in [0.5, 0.6) is 5.88 Å². The molecule has 0 saturated heterocycles. The molecule has 0 bridgehead atoms. The highest BCUT2D eigenvalue weighted by Crippen LogP contribution is 2.39. The fourth-order valence-corrected chi connectivity index (χ4v) is 2.35. The predicted octanol–water partition coefficient (Wildman–Crippen LogP) is 4.43. The molecule has 0 amide bonds. The van der Waals surface area contributed by atoms with Crippen LogP contribution in [0, 0.1) is 0 Å². The van der Waals surface area contributed by atoms with Crippen molar-refractivity contribution >= 4 is 10.9 Å². The number of rotatable bonds is 3. The SMILES string of the molecule is CC(C)Oc1ncccc1-c1cc(C(F)(F)F)cc2[nH]ncc12. The summed E-state index contributed by atoms with van der Waals surface area (Å²) in [5.41, 5.74) is 0.448. The van der Waals surface area contributed by atoms with Gasteiger partial charge >= 0.3 is 6.18 Å². The Labute approximate surface area is 130 Å². The van der Waals surface area contributed by atoms with Gasteiger partial charge in [0.2, 0.25) is 5.88 Å². The lowest BCUT2D eigenvalue weighted by Gasteiger charge is -2.15. The number of H-pyrrole nitrogens is 1. The van der Waals surface area contributed by atoms with Crippen LogP contribution in [0.15, 0.2) is 36.7 Å². The third-order valence-electron chi connectivity index (χ3n) is 3.29. The summed E-state index contributed by atoms with van der Waals surface area (Å²) in [4.78, 5) is 4.14. The van der Waals surface area contributed by atoms with Gasteiger partial charge in [0.25, 0.3) is 0 Å². The fraction of sp³-hybridized carbons (Fsp3) is 0.250. The Kier molecular flexibility index (Phi) is 3.71. The molecule has 0 fully saturated rings. The van der Waals surface area contributed by atoms with Gasteiger partial charge in [-0.2, -0.15) is 18.3 Å². The number of nitrogens with zero attached hydrogens (tertiary/aromatic N) is 2. The molecule has 3 rings (SSSR count). The average Bonchev–Trinajstić information content (AvgIpc) is 2.93. The summed E-state index contributed by atoms with van der Waals surface area (Å²) in [6.45, 7) is 3.66. The summed E-state index contributed by atoms with van der Waals surface area (Å²) in [5.74, 6) is 0.296. The third kappa shape index (κ3) is 2.99. The van der Waals surface area contributed by atoms with Crippen molar-refractivity contribution in [2.24, 2.45) is 0 Å². The zero-order valence-electron chi connectivity index (χ0n) is 12.5. The lowest BCUT2D eigenvalue weighted by atomic mass is 9.99. The normalized spacial score (nSPS) is 12.1. The fourth-order valence-electron chi connectivity index (χ4n) is 2.35. The van der Waals surface area contributed by atoms with Crippen molar-refractivity contribution in [1.29, 1.82) is 0 Å². The van der Waals surface area contributed by atoms with Crippen molar-refractivity contribution in [3.05, 3.63) is 42.2 Å². The predicted molar refractivity (Wildman–Crippen MR) is 80.1 cm³/mol. The zero-order valence-corrected chi connectivity index (χ0v) is 12.5. The Morgan fingerprint density at radius 1 is 1.17 bits per heavy atom. The summed E-state index contributed by atoms with van der Waals surface area (Å²) >= 11 is 0. The molecule has 0 atom stereocenters. The van der Waals surface area contributed by atoms with Gasteiger partial charge in [-0.25, -0.2) is 4.98 Å². The van der Waals surface area contributed by atoms with Crippen molar-refractivity contribution in [2.45, 2.75) is 26.1 Å². The molecule has 2 aromatic heterocycles. The highest BCUT2D eigenvalue weighted by molar-refractivity contribution is 5.96. The molecular formula is C16H14F3N3O. The van der Waals surface area contributed by atoms with Gasteiger partial charge in [-0.05, 0) is 43.7 Å². The molecule has 0 spiro atoms. The summed E-state index contributed by atoms with van der Waals surface area (Å²) in [6.07, 6.45) is -1.55. The summed E-state index contributed by atoms with van der Waals surface area (Å²) in [7, 11) is 0. The second-order valence-electron chi connectivity index (χ2n) is 5.38. The Hall–Kier alpha value is -2.57. The van der Waals surface area contributed by atoms with E-state index in [1.165, 1.54) is 6.20 Å². The van der Waals surface area contributed by atoms with Gasteiger partial charge in [0, 0.05) is 17.1 Å². The van der Waals surface area contributed by atoms with E-state index in [2.05, 4.69) is 15.2 Å². The molecule has 2 heterocycles. The number of benzene rings is 1. The van der Waals surface area contributed by atoms with Gasteiger partial charge in [0.05, 0.1) is 23.4 Å². The highest BCUT2D eigenvalue weighted by atomic mass is 19.4. The van der Waals surface area contributed by atoms with Crippen LogP contribution >= 0.6 is 0 Å². The van der Waals surface area contributed by atoms with Crippen molar-refractivity contribution in [2.75, 3.05) is 0 Å². The first-order chi connectivity index (χ1) is 10.9. The van der Waals surface area contributed by atoms with Crippen LogP contribution in [-0.2, 0) is 6.18 Å². The molecule has 120 valence electrons. The second-order valence-corrected chi connectivity index (χ2v) is 5.38. The van der Waals surface area contributed by atoms with Crippen LogP contribution in [-0.4, -0.2) is 21.3 Å². The van der Waals surface area contributed by atoms with Gasteiger partial charge in [0.1, 0.15) is 0 Å². The summed E-state index contributed by atoms with van der Waals surface area (Å²) in [6, 6.07) is 5.49. The van der Waals surface area contributed by atoms with Crippen LogP contribution in [0.25, 0.3) is 22.0 Å². The minimum absolute atomic E-state index is 0.144. The van der Waals surface area contributed by atoms with Gasteiger partial charge in [-0.3, -0.25) is 5.10 Å². The van der Waals surface area contributed by atoms with Crippen molar-refractivity contribution in [3.63, 3.8) is 0 Å². The largest absolute Gasteiger partial charge is 0.475 e. The zero-order chi connectivity index (χ0) is 16.6. The number of halogens is 3. The number of hydrogen-bond acceptors (Lipinski definition) is 3. The number of alkyl halides is 3. The van der Waals surface area contributed by atoms with Crippen LogP contribution in [0.2, 0.25) is 0 Å². The van der Waals surface area contributed by atoms with Gasteiger partial charge in [0.15, 0.2) is 0 Å². The first kappa shape index (κ1) is 15.3. The first-order valence-corrected chi connectivity index (χ1v) is 7.02. The molecule has 0 unspecified atom stereocenters. The van der Waals surface area contributed by atoms with E-state index in [0.29, 0.717) is 27.9 Å². The van der Waals surface area contributed by atoms with Crippen molar-refractivity contribution < 1.29 is 17.9 Å². The lowest BCUT2D eigenvalue weighted by Crippen LogP contribution is -2.08. The number of pyridine rings is 1. The number of fused-ring (bicyclic) bond motifs is 1. The minimum atomic E-state index is -4.45. The van der Waals surface area contributed by atoms with Crippen LogP contribution in [0.3, 0.4) is 0 Å². The molecule has 0 aliphatic carbocycles. The summed E-state index contributed by atoms with van der Waals surface area (Å²) in [5, 5.41) is 7.02.